The highest BCUT2D eigenvalue weighted by atomic mass is 16.1. The lowest BCUT2D eigenvalue weighted by Crippen LogP contribution is -2.11. The first-order chi connectivity index (χ1) is 6.70. The molecule has 0 aliphatic carbocycles. The van der Waals surface area contributed by atoms with Gasteiger partial charge in [-0.1, -0.05) is 18.6 Å². The van der Waals surface area contributed by atoms with Crippen molar-refractivity contribution in [3.63, 3.8) is 0 Å². The Morgan fingerprint density at radius 3 is 2.79 bits per heavy atom. The molecule has 0 aliphatic rings. The summed E-state index contributed by atoms with van der Waals surface area (Å²) in [6.45, 7) is 4.04. The zero-order valence-electron chi connectivity index (χ0n) is 8.42. The minimum absolute atomic E-state index is 0.0313. The van der Waals surface area contributed by atoms with Crippen LogP contribution in [0.2, 0.25) is 0 Å². The van der Waals surface area contributed by atoms with E-state index in [9.17, 15) is 4.79 Å². The molecule has 0 aliphatic heterocycles. The number of pyridine rings is 1. The molecule has 1 N–H and O–H groups in total. The number of hydrogen-bond donors (Lipinski definition) is 1. The van der Waals surface area contributed by atoms with Crippen molar-refractivity contribution in [2.24, 2.45) is 0 Å². The van der Waals surface area contributed by atoms with E-state index < -0.39 is 0 Å². The fourth-order valence-corrected chi connectivity index (χ4v) is 1.63. The van der Waals surface area contributed by atoms with E-state index in [1.807, 2.05) is 25.1 Å². The largest absolute Gasteiger partial charge is 0.322 e. The van der Waals surface area contributed by atoms with Gasteiger partial charge in [-0.3, -0.25) is 4.79 Å². The van der Waals surface area contributed by atoms with E-state index in [1.54, 1.807) is 0 Å². The minimum Gasteiger partial charge on any atom is -0.322 e. The van der Waals surface area contributed by atoms with E-state index in [4.69, 9.17) is 0 Å². The molecule has 2 nitrogen and oxygen atoms in total. The number of aryl methyl sites for hydroxylation is 2. The molecule has 1 heterocycles. The highest BCUT2D eigenvalue weighted by Crippen LogP contribution is 2.13. The number of hydrogen-bond acceptors (Lipinski definition) is 1. The Balaban J connectivity index is 2.80. The van der Waals surface area contributed by atoms with Gasteiger partial charge in [0.25, 0.3) is 5.56 Å². The van der Waals surface area contributed by atoms with Crippen molar-refractivity contribution in [3.8, 4) is 0 Å². The van der Waals surface area contributed by atoms with Gasteiger partial charge in [0, 0.05) is 11.1 Å². The summed E-state index contributed by atoms with van der Waals surface area (Å²) in [5, 5.41) is 1.11. The van der Waals surface area contributed by atoms with Crippen LogP contribution in [0.25, 0.3) is 10.9 Å². The summed E-state index contributed by atoms with van der Waals surface area (Å²) in [6.07, 6.45) is 0.777. The van der Waals surface area contributed by atoms with Crippen molar-refractivity contribution in [3.05, 3.63) is 45.7 Å². The average Bonchev–Trinajstić information content (AvgIpc) is 2.17. The van der Waals surface area contributed by atoms with Gasteiger partial charge in [-0.15, -0.1) is 0 Å². The fraction of sp³-hybridized carbons (Fsp3) is 0.250. The van der Waals surface area contributed by atoms with Gasteiger partial charge in [0.2, 0.25) is 0 Å². The van der Waals surface area contributed by atoms with E-state index in [-0.39, 0.29) is 5.56 Å². The van der Waals surface area contributed by atoms with Gasteiger partial charge in [0.1, 0.15) is 0 Å². The molecule has 0 amide bonds. The van der Waals surface area contributed by atoms with Gasteiger partial charge in [0.15, 0.2) is 0 Å². The van der Waals surface area contributed by atoms with Crippen molar-refractivity contribution >= 4 is 10.9 Å². The number of benzene rings is 1. The van der Waals surface area contributed by atoms with Crippen LogP contribution in [0.4, 0.5) is 0 Å². The van der Waals surface area contributed by atoms with Crippen LogP contribution in [-0.4, -0.2) is 4.98 Å². The molecular formula is C12H13NO. The van der Waals surface area contributed by atoms with Crippen LogP contribution in [0.1, 0.15) is 18.1 Å². The van der Waals surface area contributed by atoms with Crippen molar-refractivity contribution in [1.82, 2.24) is 4.98 Å². The molecule has 1 aromatic heterocycles. The molecule has 0 fully saturated rings. The van der Waals surface area contributed by atoms with Gasteiger partial charge < -0.3 is 4.98 Å². The average molecular weight is 187 g/mol. The Labute approximate surface area is 82.6 Å². The fourth-order valence-electron chi connectivity index (χ4n) is 1.63. The molecular weight excluding hydrogens is 174 g/mol. The minimum atomic E-state index is 0.0313. The molecule has 72 valence electrons. The van der Waals surface area contributed by atoms with E-state index in [1.165, 1.54) is 5.56 Å². The third kappa shape index (κ3) is 1.43. The van der Waals surface area contributed by atoms with E-state index in [0.717, 1.165) is 22.9 Å². The predicted octanol–water partition coefficient (Wildman–Crippen LogP) is 2.40. The van der Waals surface area contributed by atoms with Crippen molar-refractivity contribution in [2.75, 3.05) is 0 Å². The van der Waals surface area contributed by atoms with Crippen LogP contribution >= 0.6 is 0 Å². The second-order valence-corrected chi connectivity index (χ2v) is 3.57. The summed E-state index contributed by atoms with van der Waals surface area (Å²) in [4.78, 5) is 14.4. The van der Waals surface area contributed by atoms with Gasteiger partial charge in [-0.2, -0.15) is 0 Å². The maximum Gasteiger partial charge on any atom is 0.251 e. The zero-order valence-corrected chi connectivity index (χ0v) is 8.42. The number of fused-ring (bicyclic) bond motifs is 1. The first-order valence-corrected chi connectivity index (χ1v) is 4.83. The quantitative estimate of drug-likeness (QED) is 0.730. The first kappa shape index (κ1) is 9.00. The summed E-state index contributed by atoms with van der Waals surface area (Å²) in [6, 6.07) is 8.01. The Morgan fingerprint density at radius 2 is 2.07 bits per heavy atom. The Kier molecular flexibility index (Phi) is 2.12. The highest BCUT2D eigenvalue weighted by Gasteiger charge is 2.00. The lowest BCUT2D eigenvalue weighted by molar-refractivity contribution is 1.08. The third-order valence-corrected chi connectivity index (χ3v) is 2.46. The lowest BCUT2D eigenvalue weighted by Gasteiger charge is -2.01. The smallest absolute Gasteiger partial charge is 0.251 e. The SMILES string of the molecule is CCc1cc2cc(C)ccc2[nH]c1=O. The maximum absolute atomic E-state index is 11.5. The molecule has 0 saturated heterocycles. The molecule has 0 saturated carbocycles. The zero-order chi connectivity index (χ0) is 10.1. The van der Waals surface area contributed by atoms with Crippen LogP contribution in [0.3, 0.4) is 0 Å². The van der Waals surface area contributed by atoms with Crippen LogP contribution < -0.4 is 5.56 Å². The van der Waals surface area contributed by atoms with Gasteiger partial charge >= 0.3 is 0 Å². The number of rotatable bonds is 1. The van der Waals surface area contributed by atoms with Crippen molar-refractivity contribution in [2.45, 2.75) is 20.3 Å². The summed E-state index contributed by atoms with van der Waals surface area (Å²) >= 11 is 0. The van der Waals surface area contributed by atoms with Crippen LogP contribution in [0.15, 0.2) is 29.1 Å². The molecule has 0 radical (unpaired) electrons. The standard InChI is InChI=1S/C12H13NO/c1-3-9-7-10-6-8(2)4-5-11(10)13-12(9)14/h4-7H,3H2,1-2H3,(H,13,14). The number of aromatic nitrogens is 1. The highest BCUT2D eigenvalue weighted by molar-refractivity contribution is 5.79. The molecule has 0 bridgehead atoms. The number of H-pyrrole nitrogens is 1. The van der Waals surface area contributed by atoms with Gasteiger partial charge in [-0.25, -0.2) is 0 Å². The second kappa shape index (κ2) is 3.29. The van der Waals surface area contributed by atoms with Gasteiger partial charge in [0.05, 0.1) is 0 Å². The van der Waals surface area contributed by atoms with Crippen LogP contribution in [-0.2, 0) is 6.42 Å². The monoisotopic (exact) mass is 187 g/mol. The van der Waals surface area contributed by atoms with E-state index in [0.29, 0.717) is 0 Å². The van der Waals surface area contributed by atoms with Crippen molar-refractivity contribution in [1.29, 1.82) is 0 Å². The lowest BCUT2D eigenvalue weighted by atomic mass is 10.1. The molecule has 2 rings (SSSR count). The summed E-state index contributed by atoms with van der Waals surface area (Å²) < 4.78 is 0. The maximum atomic E-state index is 11.5. The molecule has 14 heavy (non-hydrogen) atoms. The Morgan fingerprint density at radius 1 is 1.29 bits per heavy atom. The summed E-state index contributed by atoms with van der Waals surface area (Å²) in [5.74, 6) is 0. The van der Waals surface area contributed by atoms with Crippen molar-refractivity contribution < 1.29 is 0 Å². The summed E-state index contributed by atoms with van der Waals surface area (Å²) in [7, 11) is 0. The summed E-state index contributed by atoms with van der Waals surface area (Å²) in [5.41, 5.74) is 3.01. The number of aromatic amines is 1. The molecule has 0 unspecified atom stereocenters. The van der Waals surface area contributed by atoms with E-state index in [2.05, 4.69) is 18.0 Å². The molecule has 1 aromatic carbocycles. The number of nitrogens with one attached hydrogen (secondary N) is 1. The molecule has 2 heteroatoms. The van der Waals surface area contributed by atoms with Gasteiger partial charge in [-0.05, 0) is 36.9 Å². The van der Waals surface area contributed by atoms with E-state index >= 15 is 0 Å². The second-order valence-electron chi connectivity index (χ2n) is 3.57. The molecule has 0 spiro atoms. The Hall–Kier alpha value is -1.57. The van der Waals surface area contributed by atoms with Crippen LogP contribution in [0, 0.1) is 6.92 Å². The normalized spacial score (nSPS) is 10.7. The predicted molar refractivity (Wildman–Crippen MR) is 58.7 cm³/mol. The topological polar surface area (TPSA) is 32.9 Å². The van der Waals surface area contributed by atoms with Crippen LogP contribution in [0.5, 0.6) is 0 Å². The molecule has 0 atom stereocenters. The molecule has 2 aromatic rings. The third-order valence-electron chi connectivity index (χ3n) is 2.46. The first-order valence-electron chi connectivity index (χ1n) is 4.83. The Bertz CT molecular complexity index is 525.